The minimum atomic E-state index is -0.925. The summed E-state index contributed by atoms with van der Waals surface area (Å²) in [4.78, 5) is 10.8. The molecule has 3 heteroatoms. The maximum atomic E-state index is 10.8. The predicted molar refractivity (Wildman–Crippen MR) is 84.7 cm³/mol. The van der Waals surface area contributed by atoms with Crippen molar-refractivity contribution < 1.29 is 9.90 Å². The summed E-state index contributed by atoms with van der Waals surface area (Å²) in [6.45, 7) is 3.58. The molecule has 0 unspecified atom stereocenters. The van der Waals surface area contributed by atoms with Gasteiger partial charge in [-0.1, -0.05) is 58.9 Å². The summed E-state index contributed by atoms with van der Waals surface area (Å²) in [6, 6.07) is 16.2. The minimum absolute atomic E-state index is 0.246. The van der Waals surface area contributed by atoms with Crippen LogP contribution in [0, 0.1) is 0 Å². The molecule has 2 rings (SSSR count). The van der Waals surface area contributed by atoms with Crippen molar-refractivity contribution in [3.63, 3.8) is 0 Å². The molecule has 0 atom stereocenters. The summed E-state index contributed by atoms with van der Waals surface area (Å²) >= 11 is 3.43. The molecule has 0 amide bonds. The maximum Gasteiger partial charge on any atom is 0.330 e. The van der Waals surface area contributed by atoms with Crippen molar-refractivity contribution in [2.24, 2.45) is 0 Å². The van der Waals surface area contributed by atoms with Crippen LogP contribution in [0.3, 0.4) is 0 Å². The first-order chi connectivity index (χ1) is 9.58. The zero-order valence-electron chi connectivity index (χ0n) is 11.0. The third-order valence-electron chi connectivity index (χ3n) is 3.17. The van der Waals surface area contributed by atoms with Gasteiger partial charge in [-0.15, -0.1) is 0 Å². The van der Waals surface area contributed by atoms with Gasteiger partial charge in [-0.25, -0.2) is 4.79 Å². The number of carboxylic acids is 1. The average molecular weight is 331 g/mol. The van der Waals surface area contributed by atoms with Crippen LogP contribution < -0.4 is 0 Å². The lowest BCUT2D eigenvalue weighted by molar-refractivity contribution is -0.132. The van der Waals surface area contributed by atoms with Gasteiger partial charge in [-0.3, -0.25) is 0 Å². The Labute approximate surface area is 126 Å². The van der Waals surface area contributed by atoms with E-state index < -0.39 is 5.97 Å². The van der Waals surface area contributed by atoms with Gasteiger partial charge in [0, 0.05) is 10.0 Å². The van der Waals surface area contributed by atoms with E-state index in [1.165, 1.54) is 0 Å². The van der Waals surface area contributed by atoms with E-state index >= 15 is 0 Å². The van der Waals surface area contributed by atoms with Crippen LogP contribution in [0.2, 0.25) is 0 Å². The van der Waals surface area contributed by atoms with Gasteiger partial charge in [0.1, 0.15) is 0 Å². The molecule has 102 valence electrons. The summed E-state index contributed by atoms with van der Waals surface area (Å²) in [6.07, 6.45) is 1.14. The zero-order chi connectivity index (χ0) is 14.5. The van der Waals surface area contributed by atoms with Crippen LogP contribution in [0.5, 0.6) is 0 Å². The Morgan fingerprint density at radius 3 is 2.40 bits per heavy atom. The van der Waals surface area contributed by atoms with Gasteiger partial charge in [0.15, 0.2) is 0 Å². The SMILES string of the molecule is C=C(CCc1ccccc1-c1ccc(Br)cc1)C(=O)O. The normalized spacial score (nSPS) is 10.2. The molecule has 2 aromatic carbocycles. The number of carbonyl (C=O) groups is 1. The van der Waals surface area contributed by atoms with E-state index in [0.717, 1.165) is 21.2 Å². The molecule has 0 heterocycles. The number of aliphatic carboxylic acids is 1. The lowest BCUT2D eigenvalue weighted by Crippen LogP contribution is -2.01. The predicted octanol–water partition coefficient (Wildman–Crippen LogP) is 4.69. The van der Waals surface area contributed by atoms with Crippen LogP contribution >= 0.6 is 15.9 Å². The fourth-order valence-corrected chi connectivity index (χ4v) is 2.31. The fraction of sp³-hybridized carbons (Fsp3) is 0.118. The quantitative estimate of drug-likeness (QED) is 0.807. The molecular weight excluding hydrogens is 316 g/mol. The highest BCUT2D eigenvalue weighted by Gasteiger charge is 2.08. The average Bonchev–Trinajstić information content (AvgIpc) is 2.46. The highest BCUT2D eigenvalue weighted by molar-refractivity contribution is 9.10. The van der Waals surface area contributed by atoms with Crippen molar-refractivity contribution in [1.82, 2.24) is 0 Å². The van der Waals surface area contributed by atoms with E-state index in [0.29, 0.717) is 12.8 Å². The third-order valence-corrected chi connectivity index (χ3v) is 3.70. The molecule has 2 nitrogen and oxygen atoms in total. The number of benzene rings is 2. The van der Waals surface area contributed by atoms with Crippen molar-refractivity contribution in [3.8, 4) is 11.1 Å². The molecule has 0 fully saturated rings. The second-order valence-electron chi connectivity index (χ2n) is 4.57. The molecular formula is C17H15BrO2. The first-order valence-electron chi connectivity index (χ1n) is 6.33. The van der Waals surface area contributed by atoms with Crippen molar-refractivity contribution in [2.75, 3.05) is 0 Å². The lowest BCUT2D eigenvalue weighted by Gasteiger charge is -2.10. The Hall–Kier alpha value is -1.87. The second-order valence-corrected chi connectivity index (χ2v) is 5.49. The summed E-state index contributed by atoms with van der Waals surface area (Å²) in [5.41, 5.74) is 3.65. The molecule has 0 bridgehead atoms. The number of aryl methyl sites for hydroxylation is 1. The highest BCUT2D eigenvalue weighted by Crippen LogP contribution is 2.26. The maximum absolute atomic E-state index is 10.8. The van der Waals surface area contributed by atoms with Gasteiger partial charge in [0.25, 0.3) is 0 Å². The van der Waals surface area contributed by atoms with Crippen LogP contribution in [0.1, 0.15) is 12.0 Å². The fourth-order valence-electron chi connectivity index (χ4n) is 2.04. The Kier molecular flexibility index (Phi) is 4.74. The standard InChI is InChI=1S/C17H15BrO2/c1-12(17(19)20)6-7-13-4-2-3-5-16(13)14-8-10-15(18)11-9-14/h2-5,8-11H,1,6-7H2,(H,19,20). The number of rotatable bonds is 5. The largest absolute Gasteiger partial charge is 0.478 e. The lowest BCUT2D eigenvalue weighted by atomic mass is 9.95. The van der Waals surface area contributed by atoms with E-state index in [9.17, 15) is 4.79 Å². The van der Waals surface area contributed by atoms with Crippen molar-refractivity contribution >= 4 is 21.9 Å². The third kappa shape index (κ3) is 3.58. The molecule has 0 spiro atoms. The van der Waals surface area contributed by atoms with Crippen LogP contribution in [0.25, 0.3) is 11.1 Å². The Morgan fingerprint density at radius 2 is 1.75 bits per heavy atom. The number of hydrogen-bond donors (Lipinski definition) is 1. The van der Waals surface area contributed by atoms with Crippen molar-refractivity contribution in [1.29, 1.82) is 0 Å². The van der Waals surface area contributed by atoms with Crippen LogP contribution in [-0.2, 0) is 11.2 Å². The van der Waals surface area contributed by atoms with E-state index in [2.05, 4.69) is 40.7 Å². The molecule has 0 aliphatic carbocycles. The minimum Gasteiger partial charge on any atom is -0.478 e. The summed E-state index contributed by atoms with van der Waals surface area (Å²) < 4.78 is 1.04. The van der Waals surface area contributed by atoms with Crippen LogP contribution in [0.15, 0.2) is 65.2 Å². The first-order valence-corrected chi connectivity index (χ1v) is 7.12. The van der Waals surface area contributed by atoms with Crippen LogP contribution in [-0.4, -0.2) is 11.1 Å². The Bertz CT molecular complexity index is 630. The zero-order valence-corrected chi connectivity index (χ0v) is 12.6. The van der Waals surface area contributed by atoms with E-state index in [-0.39, 0.29) is 5.57 Å². The van der Waals surface area contributed by atoms with E-state index in [1.54, 1.807) is 0 Å². The Balaban J connectivity index is 2.24. The second kappa shape index (κ2) is 6.53. The highest BCUT2D eigenvalue weighted by atomic mass is 79.9. The van der Waals surface area contributed by atoms with Crippen molar-refractivity contribution in [2.45, 2.75) is 12.8 Å². The molecule has 0 aromatic heterocycles. The number of hydrogen-bond acceptors (Lipinski definition) is 1. The first kappa shape index (κ1) is 14.5. The summed E-state index contributed by atoms with van der Waals surface area (Å²) in [7, 11) is 0. The molecule has 0 aliphatic heterocycles. The van der Waals surface area contributed by atoms with Gasteiger partial charge in [-0.05, 0) is 41.7 Å². The topological polar surface area (TPSA) is 37.3 Å². The van der Waals surface area contributed by atoms with Crippen molar-refractivity contribution in [3.05, 3.63) is 70.7 Å². The molecule has 2 aromatic rings. The molecule has 0 saturated heterocycles. The summed E-state index contributed by atoms with van der Waals surface area (Å²) in [5, 5.41) is 8.87. The molecule has 20 heavy (non-hydrogen) atoms. The van der Waals surface area contributed by atoms with Gasteiger partial charge >= 0.3 is 5.97 Å². The van der Waals surface area contributed by atoms with E-state index in [1.807, 2.05) is 30.3 Å². The smallest absolute Gasteiger partial charge is 0.330 e. The molecule has 0 radical (unpaired) electrons. The van der Waals surface area contributed by atoms with Gasteiger partial charge in [0.05, 0.1) is 0 Å². The van der Waals surface area contributed by atoms with Gasteiger partial charge in [0.2, 0.25) is 0 Å². The van der Waals surface area contributed by atoms with Gasteiger partial charge < -0.3 is 5.11 Å². The summed E-state index contributed by atoms with van der Waals surface area (Å²) in [5.74, 6) is -0.925. The molecule has 0 aliphatic rings. The van der Waals surface area contributed by atoms with Crippen LogP contribution in [0.4, 0.5) is 0 Å². The monoisotopic (exact) mass is 330 g/mol. The molecule has 1 N–H and O–H groups in total. The van der Waals surface area contributed by atoms with E-state index in [4.69, 9.17) is 5.11 Å². The van der Waals surface area contributed by atoms with Gasteiger partial charge in [-0.2, -0.15) is 0 Å². The number of halogens is 1. The number of carboxylic acid groups (broad SMARTS) is 1. The Morgan fingerprint density at radius 1 is 1.10 bits per heavy atom. The molecule has 0 saturated carbocycles.